The fourth-order valence-corrected chi connectivity index (χ4v) is 2.67. The summed E-state index contributed by atoms with van der Waals surface area (Å²) < 4.78 is 0. The zero-order valence-electron chi connectivity index (χ0n) is 9.77. The molecule has 0 saturated heterocycles. The highest BCUT2D eigenvalue weighted by Crippen LogP contribution is 2.36. The van der Waals surface area contributed by atoms with E-state index in [2.05, 4.69) is 5.32 Å². The van der Waals surface area contributed by atoms with Gasteiger partial charge in [-0.05, 0) is 12.1 Å². The van der Waals surface area contributed by atoms with Crippen molar-refractivity contribution in [2.24, 2.45) is 0 Å². The molecule has 4 nitrogen and oxygen atoms in total. The minimum atomic E-state index is -0.334. The van der Waals surface area contributed by atoms with Gasteiger partial charge in [0.05, 0.1) is 10.9 Å². The average Bonchev–Trinajstić information content (AvgIpc) is 2.29. The largest absolute Gasteiger partial charge is 0.349 e. The first-order valence-corrected chi connectivity index (χ1v) is 6.22. The molecule has 1 aromatic carbocycles. The van der Waals surface area contributed by atoms with E-state index in [0.717, 1.165) is 10.6 Å². The maximum atomic E-state index is 11.8. The van der Waals surface area contributed by atoms with Gasteiger partial charge < -0.3 is 10.2 Å². The fraction of sp³-hybridized carbons (Fsp3) is 0.333. The number of nitrogens with one attached hydrogen (secondary N) is 1. The molecule has 1 heterocycles. The monoisotopic (exact) mass is 250 g/mol. The number of fused-ring (bicyclic) bond motifs is 1. The lowest BCUT2D eigenvalue weighted by molar-refractivity contribution is -0.130. The summed E-state index contributed by atoms with van der Waals surface area (Å²) in [5, 5.41) is 2.49. The standard InChI is InChI=1S/C12H14N2O2S/c1-14(2)11(15)7-10-12(16)13-8-5-3-4-6-9(8)17-10/h3-6,10H,7H2,1-2H3,(H,13,16)/t10-/m1/s1. The number of para-hydroxylation sites is 1. The zero-order valence-corrected chi connectivity index (χ0v) is 10.6. The third-order valence-corrected chi connectivity index (χ3v) is 3.84. The minimum absolute atomic E-state index is 0.0305. The molecule has 1 aliphatic rings. The van der Waals surface area contributed by atoms with E-state index in [1.165, 1.54) is 16.7 Å². The van der Waals surface area contributed by atoms with E-state index in [0.29, 0.717) is 0 Å². The molecule has 17 heavy (non-hydrogen) atoms. The highest BCUT2D eigenvalue weighted by molar-refractivity contribution is 8.01. The van der Waals surface area contributed by atoms with Crippen LogP contribution in [0.1, 0.15) is 6.42 Å². The summed E-state index contributed by atoms with van der Waals surface area (Å²) in [4.78, 5) is 25.9. The van der Waals surface area contributed by atoms with Crippen LogP contribution in [0, 0.1) is 0 Å². The van der Waals surface area contributed by atoms with Gasteiger partial charge in [0.25, 0.3) is 0 Å². The first kappa shape index (κ1) is 12.0. The third-order valence-electron chi connectivity index (χ3n) is 2.57. The first-order chi connectivity index (χ1) is 8.08. The van der Waals surface area contributed by atoms with Gasteiger partial charge in [0.2, 0.25) is 11.8 Å². The van der Waals surface area contributed by atoms with Crippen LogP contribution in [0.25, 0.3) is 0 Å². The Bertz CT molecular complexity index is 460. The van der Waals surface area contributed by atoms with E-state index in [4.69, 9.17) is 0 Å². The van der Waals surface area contributed by atoms with Gasteiger partial charge in [-0.1, -0.05) is 12.1 Å². The van der Waals surface area contributed by atoms with Crippen molar-refractivity contribution in [1.82, 2.24) is 4.90 Å². The predicted molar refractivity (Wildman–Crippen MR) is 68.0 cm³/mol. The lowest BCUT2D eigenvalue weighted by Gasteiger charge is -2.24. The van der Waals surface area contributed by atoms with Gasteiger partial charge in [0.1, 0.15) is 0 Å². The van der Waals surface area contributed by atoms with Gasteiger partial charge >= 0.3 is 0 Å². The van der Waals surface area contributed by atoms with Crippen LogP contribution in [0.4, 0.5) is 5.69 Å². The molecule has 0 radical (unpaired) electrons. The number of hydrogen-bond donors (Lipinski definition) is 1. The highest BCUT2D eigenvalue weighted by Gasteiger charge is 2.29. The number of rotatable bonds is 2. The fourth-order valence-electron chi connectivity index (χ4n) is 1.57. The normalized spacial score (nSPS) is 18.2. The van der Waals surface area contributed by atoms with E-state index >= 15 is 0 Å². The van der Waals surface area contributed by atoms with Gasteiger partial charge in [-0.25, -0.2) is 0 Å². The van der Waals surface area contributed by atoms with Crippen molar-refractivity contribution in [3.8, 4) is 0 Å². The van der Waals surface area contributed by atoms with Crippen LogP contribution in [0.2, 0.25) is 0 Å². The van der Waals surface area contributed by atoms with Crippen LogP contribution in [0.15, 0.2) is 29.2 Å². The number of nitrogens with zero attached hydrogens (tertiary/aromatic N) is 1. The summed E-state index contributed by atoms with van der Waals surface area (Å²) in [6.07, 6.45) is 0.234. The average molecular weight is 250 g/mol. The van der Waals surface area contributed by atoms with Crippen molar-refractivity contribution in [2.75, 3.05) is 19.4 Å². The molecule has 0 spiro atoms. The van der Waals surface area contributed by atoms with Crippen molar-refractivity contribution < 1.29 is 9.59 Å². The first-order valence-electron chi connectivity index (χ1n) is 5.34. The van der Waals surface area contributed by atoms with Gasteiger partial charge in [-0.15, -0.1) is 11.8 Å². The molecule has 1 N–H and O–H groups in total. The number of carbonyl (C=O) groups excluding carboxylic acids is 2. The second kappa shape index (κ2) is 4.79. The van der Waals surface area contributed by atoms with Gasteiger partial charge in [-0.3, -0.25) is 9.59 Å². The highest BCUT2D eigenvalue weighted by atomic mass is 32.2. The number of benzene rings is 1. The van der Waals surface area contributed by atoms with Gasteiger partial charge in [-0.2, -0.15) is 0 Å². The molecule has 90 valence electrons. The molecule has 1 aromatic rings. The Morgan fingerprint density at radius 2 is 2.12 bits per heavy atom. The molecule has 0 saturated carbocycles. The van der Waals surface area contributed by atoms with Crippen LogP contribution in [0.5, 0.6) is 0 Å². The van der Waals surface area contributed by atoms with Crippen molar-refractivity contribution in [1.29, 1.82) is 0 Å². The number of amides is 2. The Hall–Kier alpha value is -1.49. The Morgan fingerprint density at radius 3 is 2.82 bits per heavy atom. The van der Waals surface area contributed by atoms with E-state index in [1.54, 1.807) is 14.1 Å². The van der Waals surface area contributed by atoms with Crippen molar-refractivity contribution in [2.45, 2.75) is 16.6 Å². The van der Waals surface area contributed by atoms with Crippen molar-refractivity contribution in [3.05, 3.63) is 24.3 Å². The Kier molecular flexibility index (Phi) is 3.38. The predicted octanol–water partition coefficient (Wildman–Crippen LogP) is 1.58. The summed E-state index contributed by atoms with van der Waals surface area (Å²) in [7, 11) is 3.39. The number of thioether (sulfide) groups is 1. The molecule has 2 amide bonds. The number of anilines is 1. The van der Waals surface area contributed by atoms with Crippen LogP contribution in [0.3, 0.4) is 0 Å². The summed E-state index contributed by atoms with van der Waals surface area (Å²) in [5.41, 5.74) is 0.830. The Labute approximate surface area is 104 Å². The van der Waals surface area contributed by atoms with E-state index in [9.17, 15) is 9.59 Å². The molecule has 1 aliphatic heterocycles. The molecule has 2 rings (SSSR count). The molecule has 0 aromatic heterocycles. The number of carbonyl (C=O) groups is 2. The lowest BCUT2D eigenvalue weighted by atomic mass is 10.2. The molecule has 0 fully saturated rings. The molecule has 0 aliphatic carbocycles. The van der Waals surface area contributed by atoms with Crippen molar-refractivity contribution in [3.63, 3.8) is 0 Å². The molecular weight excluding hydrogens is 236 g/mol. The van der Waals surface area contributed by atoms with E-state index in [1.807, 2.05) is 24.3 Å². The molecule has 0 unspecified atom stereocenters. The van der Waals surface area contributed by atoms with Crippen LogP contribution >= 0.6 is 11.8 Å². The smallest absolute Gasteiger partial charge is 0.238 e. The lowest BCUT2D eigenvalue weighted by Crippen LogP contribution is -2.34. The Morgan fingerprint density at radius 1 is 1.41 bits per heavy atom. The summed E-state index contributed by atoms with van der Waals surface area (Å²) in [6.45, 7) is 0. The van der Waals surface area contributed by atoms with Gasteiger partial charge in [0.15, 0.2) is 0 Å². The van der Waals surface area contributed by atoms with E-state index < -0.39 is 0 Å². The number of hydrogen-bond acceptors (Lipinski definition) is 3. The summed E-state index contributed by atoms with van der Waals surface area (Å²) in [6, 6.07) is 7.62. The summed E-state index contributed by atoms with van der Waals surface area (Å²) in [5.74, 6) is -0.124. The quantitative estimate of drug-likeness (QED) is 0.867. The minimum Gasteiger partial charge on any atom is -0.349 e. The topological polar surface area (TPSA) is 49.4 Å². The molecular formula is C12H14N2O2S. The zero-order chi connectivity index (χ0) is 12.4. The van der Waals surface area contributed by atoms with E-state index in [-0.39, 0.29) is 23.5 Å². The van der Waals surface area contributed by atoms with Crippen LogP contribution in [-0.2, 0) is 9.59 Å². The second-order valence-electron chi connectivity index (χ2n) is 4.08. The van der Waals surface area contributed by atoms with Crippen LogP contribution in [-0.4, -0.2) is 36.1 Å². The summed E-state index contributed by atoms with van der Waals surface area (Å²) >= 11 is 1.45. The SMILES string of the molecule is CN(C)C(=O)C[C@H]1Sc2ccccc2NC1=O. The van der Waals surface area contributed by atoms with Crippen molar-refractivity contribution >= 4 is 29.3 Å². The third kappa shape index (κ3) is 2.61. The molecule has 1 atom stereocenters. The molecule has 0 bridgehead atoms. The van der Waals surface area contributed by atoms with Gasteiger partial charge in [0, 0.05) is 25.4 Å². The maximum Gasteiger partial charge on any atom is 0.238 e. The maximum absolute atomic E-state index is 11.8. The molecule has 5 heteroatoms. The van der Waals surface area contributed by atoms with Crippen LogP contribution < -0.4 is 5.32 Å². The Balaban J connectivity index is 2.13. The second-order valence-corrected chi connectivity index (χ2v) is 5.33.